The standard InChI is InChI=1S/C11H10F5NO/c12-8-3-6(18-9(13)14)1-2-7(8)10(5-17)4-11(10,15)16/h1-3,9H,4-5,17H2. The molecule has 100 valence electrons. The van der Waals surface area contributed by atoms with Gasteiger partial charge in [-0.1, -0.05) is 6.07 Å². The first-order valence-corrected chi connectivity index (χ1v) is 5.15. The predicted molar refractivity (Wildman–Crippen MR) is 53.3 cm³/mol. The van der Waals surface area contributed by atoms with E-state index >= 15 is 0 Å². The third-order valence-electron chi connectivity index (χ3n) is 3.13. The van der Waals surface area contributed by atoms with Gasteiger partial charge in [-0.05, 0) is 6.07 Å². The summed E-state index contributed by atoms with van der Waals surface area (Å²) in [6.07, 6.45) is -0.539. The van der Waals surface area contributed by atoms with Gasteiger partial charge < -0.3 is 10.5 Å². The van der Waals surface area contributed by atoms with E-state index in [1.54, 1.807) is 0 Å². The smallest absolute Gasteiger partial charge is 0.387 e. The summed E-state index contributed by atoms with van der Waals surface area (Å²) in [5.41, 5.74) is 3.28. The van der Waals surface area contributed by atoms with Crippen molar-refractivity contribution in [2.45, 2.75) is 24.4 Å². The highest BCUT2D eigenvalue weighted by Gasteiger charge is 2.71. The van der Waals surface area contributed by atoms with Gasteiger partial charge in [0.1, 0.15) is 11.6 Å². The van der Waals surface area contributed by atoms with Gasteiger partial charge in [0.05, 0.1) is 5.41 Å². The SMILES string of the molecule is NCC1(c2ccc(OC(F)F)cc2F)CC1(F)F. The van der Waals surface area contributed by atoms with Crippen molar-refractivity contribution in [2.75, 3.05) is 6.54 Å². The number of rotatable bonds is 4. The van der Waals surface area contributed by atoms with Crippen LogP contribution in [0.4, 0.5) is 22.0 Å². The Morgan fingerprint density at radius 3 is 2.33 bits per heavy atom. The number of ether oxygens (including phenoxy) is 1. The lowest BCUT2D eigenvalue weighted by Crippen LogP contribution is -2.27. The first-order chi connectivity index (χ1) is 8.32. The molecule has 0 saturated heterocycles. The monoisotopic (exact) mass is 267 g/mol. The van der Waals surface area contributed by atoms with Crippen molar-refractivity contribution in [3.05, 3.63) is 29.6 Å². The second-order valence-corrected chi connectivity index (χ2v) is 4.19. The topological polar surface area (TPSA) is 35.2 Å². The Balaban J connectivity index is 2.31. The van der Waals surface area contributed by atoms with Crippen molar-refractivity contribution in [1.29, 1.82) is 0 Å². The van der Waals surface area contributed by atoms with Crippen LogP contribution in [0.5, 0.6) is 5.75 Å². The van der Waals surface area contributed by atoms with Crippen LogP contribution < -0.4 is 10.5 Å². The second kappa shape index (κ2) is 4.08. The van der Waals surface area contributed by atoms with E-state index in [4.69, 9.17) is 5.73 Å². The van der Waals surface area contributed by atoms with Gasteiger partial charge >= 0.3 is 6.61 Å². The van der Waals surface area contributed by atoms with Crippen LogP contribution in [0.3, 0.4) is 0 Å². The molecule has 1 saturated carbocycles. The Labute approximate surface area is 99.5 Å². The molecule has 0 aromatic heterocycles. The highest BCUT2D eigenvalue weighted by Crippen LogP contribution is 2.61. The molecule has 1 aliphatic rings. The van der Waals surface area contributed by atoms with Crippen molar-refractivity contribution < 1.29 is 26.7 Å². The molecule has 1 aromatic carbocycles. The van der Waals surface area contributed by atoms with Crippen LogP contribution in [0.2, 0.25) is 0 Å². The molecule has 0 amide bonds. The zero-order valence-electron chi connectivity index (χ0n) is 9.10. The van der Waals surface area contributed by atoms with Crippen molar-refractivity contribution >= 4 is 0 Å². The predicted octanol–water partition coefficient (Wildman–Crippen LogP) is 2.66. The van der Waals surface area contributed by atoms with E-state index in [2.05, 4.69) is 4.74 Å². The maximum absolute atomic E-state index is 13.7. The number of benzene rings is 1. The van der Waals surface area contributed by atoms with Crippen LogP contribution in [0, 0.1) is 5.82 Å². The molecule has 0 radical (unpaired) electrons. The average Bonchev–Trinajstić information content (AvgIpc) is 2.81. The third kappa shape index (κ3) is 1.92. The van der Waals surface area contributed by atoms with Gasteiger partial charge in [-0.3, -0.25) is 0 Å². The lowest BCUT2D eigenvalue weighted by atomic mass is 9.94. The van der Waals surface area contributed by atoms with Gasteiger partial charge in [0.2, 0.25) is 0 Å². The summed E-state index contributed by atoms with van der Waals surface area (Å²) < 4.78 is 67.9. The van der Waals surface area contributed by atoms with E-state index in [1.165, 1.54) is 0 Å². The molecule has 1 aromatic rings. The van der Waals surface area contributed by atoms with Crippen molar-refractivity contribution in [3.8, 4) is 5.75 Å². The summed E-state index contributed by atoms with van der Waals surface area (Å²) in [4.78, 5) is 0. The van der Waals surface area contributed by atoms with Gasteiger partial charge in [-0.15, -0.1) is 0 Å². The number of halogens is 5. The summed E-state index contributed by atoms with van der Waals surface area (Å²) in [6.45, 7) is -3.51. The van der Waals surface area contributed by atoms with Crippen LogP contribution in [-0.4, -0.2) is 19.1 Å². The molecule has 1 unspecified atom stereocenters. The molecule has 1 atom stereocenters. The minimum Gasteiger partial charge on any atom is -0.435 e. The van der Waals surface area contributed by atoms with Gasteiger partial charge in [0.25, 0.3) is 5.92 Å². The quantitative estimate of drug-likeness (QED) is 0.851. The maximum atomic E-state index is 13.7. The Kier molecular flexibility index (Phi) is 2.96. The maximum Gasteiger partial charge on any atom is 0.387 e. The van der Waals surface area contributed by atoms with Crippen molar-refractivity contribution in [2.24, 2.45) is 5.73 Å². The minimum absolute atomic E-state index is 0.267. The summed E-state index contributed by atoms with van der Waals surface area (Å²) >= 11 is 0. The van der Waals surface area contributed by atoms with Crippen LogP contribution in [0.15, 0.2) is 18.2 Å². The molecular formula is C11H10F5NO. The molecule has 18 heavy (non-hydrogen) atoms. The van der Waals surface area contributed by atoms with E-state index in [0.717, 1.165) is 12.1 Å². The molecule has 2 nitrogen and oxygen atoms in total. The molecule has 2 N–H and O–H groups in total. The summed E-state index contributed by atoms with van der Waals surface area (Å²) in [5, 5.41) is 0. The lowest BCUT2D eigenvalue weighted by Gasteiger charge is -2.16. The van der Waals surface area contributed by atoms with E-state index < -0.39 is 42.5 Å². The van der Waals surface area contributed by atoms with E-state index in [0.29, 0.717) is 6.07 Å². The normalized spacial score (nSPS) is 25.3. The molecule has 0 bridgehead atoms. The second-order valence-electron chi connectivity index (χ2n) is 4.19. The Morgan fingerprint density at radius 1 is 1.33 bits per heavy atom. The largest absolute Gasteiger partial charge is 0.435 e. The first-order valence-electron chi connectivity index (χ1n) is 5.15. The first kappa shape index (κ1) is 13.1. The highest BCUT2D eigenvalue weighted by molar-refractivity contribution is 5.42. The van der Waals surface area contributed by atoms with Gasteiger partial charge in [0.15, 0.2) is 0 Å². The third-order valence-corrected chi connectivity index (χ3v) is 3.13. The fraction of sp³-hybridized carbons (Fsp3) is 0.455. The van der Waals surface area contributed by atoms with E-state index in [1.807, 2.05) is 0 Å². The number of alkyl halides is 4. The van der Waals surface area contributed by atoms with Crippen LogP contribution >= 0.6 is 0 Å². The average molecular weight is 267 g/mol. The zero-order chi connectivity index (χ0) is 13.6. The van der Waals surface area contributed by atoms with Crippen molar-refractivity contribution in [3.63, 3.8) is 0 Å². The molecule has 7 heteroatoms. The number of nitrogens with two attached hydrogens (primary N) is 1. The highest BCUT2D eigenvalue weighted by atomic mass is 19.3. The Hall–Kier alpha value is -1.37. The molecule has 1 aliphatic carbocycles. The van der Waals surface area contributed by atoms with E-state index in [-0.39, 0.29) is 5.56 Å². The molecule has 0 spiro atoms. The fourth-order valence-corrected chi connectivity index (χ4v) is 2.02. The Bertz CT molecular complexity index is 465. The van der Waals surface area contributed by atoms with E-state index in [9.17, 15) is 22.0 Å². The van der Waals surface area contributed by atoms with Crippen LogP contribution in [0.25, 0.3) is 0 Å². The lowest BCUT2D eigenvalue weighted by molar-refractivity contribution is -0.0500. The fourth-order valence-electron chi connectivity index (χ4n) is 2.02. The van der Waals surface area contributed by atoms with Crippen LogP contribution in [0.1, 0.15) is 12.0 Å². The molecular weight excluding hydrogens is 257 g/mol. The molecule has 0 aliphatic heterocycles. The van der Waals surface area contributed by atoms with Gasteiger partial charge in [0, 0.05) is 24.6 Å². The minimum atomic E-state index is -3.10. The summed E-state index contributed by atoms with van der Waals surface area (Å²) in [6, 6.07) is 2.70. The summed E-state index contributed by atoms with van der Waals surface area (Å²) in [5.74, 6) is -4.49. The van der Waals surface area contributed by atoms with Gasteiger partial charge in [-0.2, -0.15) is 8.78 Å². The van der Waals surface area contributed by atoms with Gasteiger partial charge in [-0.25, -0.2) is 13.2 Å². The number of hydrogen-bond donors (Lipinski definition) is 1. The zero-order valence-corrected chi connectivity index (χ0v) is 9.10. The number of hydrogen-bond acceptors (Lipinski definition) is 2. The molecule has 0 heterocycles. The molecule has 1 fully saturated rings. The van der Waals surface area contributed by atoms with Crippen molar-refractivity contribution in [1.82, 2.24) is 0 Å². The molecule has 2 rings (SSSR count). The summed E-state index contributed by atoms with van der Waals surface area (Å²) in [7, 11) is 0. The Morgan fingerprint density at radius 2 is 1.94 bits per heavy atom. The van der Waals surface area contributed by atoms with Crippen LogP contribution in [-0.2, 0) is 5.41 Å².